The van der Waals surface area contributed by atoms with Gasteiger partial charge in [-0.25, -0.2) is 9.59 Å². The standard InChI is InChI=1S/C8H5NO4/c10-5-3-1-2-4-6(5)7(11)13-8(12)9-4/h1-3,10H,(H,9,12). The van der Waals surface area contributed by atoms with Crippen LogP contribution in [0.15, 0.2) is 32.2 Å². The highest BCUT2D eigenvalue weighted by molar-refractivity contribution is 5.82. The van der Waals surface area contributed by atoms with Crippen molar-refractivity contribution in [2.45, 2.75) is 0 Å². The van der Waals surface area contributed by atoms with Gasteiger partial charge >= 0.3 is 11.4 Å². The van der Waals surface area contributed by atoms with Crippen LogP contribution in [0.4, 0.5) is 0 Å². The molecule has 0 fully saturated rings. The van der Waals surface area contributed by atoms with Crippen molar-refractivity contribution < 1.29 is 9.52 Å². The average molecular weight is 179 g/mol. The highest BCUT2D eigenvalue weighted by atomic mass is 16.4. The minimum atomic E-state index is -0.836. The van der Waals surface area contributed by atoms with E-state index in [4.69, 9.17) is 0 Å². The predicted octanol–water partition coefficient (Wildman–Crippen LogP) is 0.187. The van der Waals surface area contributed by atoms with Gasteiger partial charge in [-0.05, 0) is 12.1 Å². The van der Waals surface area contributed by atoms with E-state index in [0.29, 0.717) is 0 Å². The van der Waals surface area contributed by atoms with Crippen molar-refractivity contribution in [1.82, 2.24) is 4.98 Å². The van der Waals surface area contributed by atoms with Gasteiger partial charge in [0.1, 0.15) is 11.1 Å². The second kappa shape index (κ2) is 2.48. The summed E-state index contributed by atoms with van der Waals surface area (Å²) in [5, 5.41) is 9.25. The Morgan fingerprint density at radius 3 is 2.85 bits per heavy atom. The second-order valence-corrected chi connectivity index (χ2v) is 2.50. The molecule has 1 aromatic heterocycles. The van der Waals surface area contributed by atoms with Gasteiger partial charge in [0.25, 0.3) is 0 Å². The molecule has 0 aliphatic carbocycles. The number of nitrogens with one attached hydrogen (secondary N) is 1. The van der Waals surface area contributed by atoms with E-state index in [-0.39, 0.29) is 16.7 Å². The van der Waals surface area contributed by atoms with Crippen LogP contribution in [0.25, 0.3) is 10.9 Å². The SMILES string of the molecule is O=c1[nH]c2cccc(O)c2c(=O)o1. The van der Waals surface area contributed by atoms with Crippen LogP contribution < -0.4 is 11.4 Å². The molecule has 0 saturated heterocycles. The van der Waals surface area contributed by atoms with Crippen molar-refractivity contribution in [1.29, 1.82) is 0 Å². The first-order valence-corrected chi connectivity index (χ1v) is 3.53. The van der Waals surface area contributed by atoms with Gasteiger partial charge in [-0.3, -0.25) is 4.98 Å². The van der Waals surface area contributed by atoms with Crippen LogP contribution in [0.5, 0.6) is 5.75 Å². The Kier molecular flexibility index (Phi) is 1.45. The van der Waals surface area contributed by atoms with Crippen LogP contribution >= 0.6 is 0 Å². The van der Waals surface area contributed by atoms with Gasteiger partial charge in [-0.2, -0.15) is 0 Å². The van der Waals surface area contributed by atoms with E-state index in [1.807, 2.05) is 0 Å². The summed E-state index contributed by atoms with van der Waals surface area (Å²) in [4.78, 5) is 24.1. The predicted molar refractivity (Wildman–Crippen MR) is 44.8 cm³/mol. The van der Waals surface area contributed by atoms with Crippen molar-refractivity contribution in [2.24, 2.45) is 0 Å². The maximum atomic E-state index is 11.1. The first kappa shape index (κ1) is 7.60. The third-order valence-corrected chi connectivity index (χ3v) is 1.67. The van der Waals surface area contributed by atoms with Gasteiger partial charge in [0.2, 0.25) is 0 Å². The van der Waals surface area contributed by atoms with Crippen LogP contribution in [0.1, 0.15) is 0 Å². The van der Waals surface area contributed by atoms with Crippen molar-refractivity contribution in [2.75, 3.05) is 0 Å². The molecule has 1 aromatic carbocycles. The molecule has 0 bridgehead atoms. The summed E-state index contributed by atoms with van der Waals surface area (Å²) in [7, 11) is 0. The average Bonchev–Trinajstić information content (AvgIpc) is 2.02. The van der Waals surface area contributed by atoms with Gasteiger partial charge in [-0.1, -0.05) is 6.07 Å². The Bertz CT molecular complexity index is 566. The molecule has 0 radical (unpaired) electrons. The monoisotopic (exact) mass is 179 g/mol. The fourth-order valence-electron chi connectivity index (χ4n) is 1.13. The lowest BCUT2D eigenvalue weighted by Gasteiger charge is -1.96. The summed E-state index contributed by atoms with van der Waals surface area (Å²) in [5.74, 6) is -1.04. The largest absolute Gasteiger partial charge is 0.507 e. The Hall–Kier alpha value is -2.04. The number of H-pyrrole nitrogens is 1. The van der Waals surface area contributed by atoms with Gasteiger partial charge < -0.3 is 9.52 Å². The molecule has 5 nitrogen and oxygen atoms in total. The molecule has 0 aliphatic heterocycles. The molecule has 0 atom stereocenters. The van der Waals surface area contributed by atoms with Gasteiger partial charge in [0, 0.05) is 0 Å². The smallest absolute Gasteiger partial charge is 0.419 e. The van der Waals surface area contributed by atoms with Crippen molar-refractivity contribution in [3.63, 3.8) is 0 Å². The fraction of sp³-hybridized carbons (Fsp3) is 0. The Morgan fingerprint density at radius 1 is 1.31 bits per heavy atom. The third kappa shape index (κ3) is 1.10. The van der Waals surface area contributed by atoms with E-state index >= 15 is 0 Å². The maximum Gasteiger partial charge on any atom is 0.419 e. The number of fused-ring (bicyclic) bond motifs is 1. The summed E-state index contributed by atoms with van der Waals surface area (Å²) in [6.07, 6.45) is 0. The molecule has 2 N–H and O–H groups in total. The van der Waals surface area contributed by atoms with Crippen molar-refractivity contribution in [3.8, 4) is 5.75 Å². The zero-order chi connectivity index (χ0) is 9.42. The number of rotatable bonds is 0. The topological polar surface area (TPSA) is 83.3 Å². The molecule has 0 amide bonds. The number of hydrogen-bond acceptors (Lipinski definition) is 4. The number of aromatic hydroxyl groups is 1. The molecule has 1 heterocycles. The number of phenols is 1. The minimum Gasteiger partial charge on any atom is -0.507 e. The third-order valence-electron chi connectivity index (χ3n) is 1.67. The molecular weight excluding hydrogens is 174 g/mol. The molecule has 0 saturated carbocycles. The highest BCUT2D eigenvalue weighted by Crippen LogP contribution is 2.17. The highest BCUT2D eigenvalue weighted by Gasteiger charge is 2.05. The molecule has 2 rings (SSSR count). The lowest BCUT2D eigenvalue weighted by Crippen LogP contribution is -2.14. The Morgan fingerprint density at radius 2 is 2.08 bits per heavy atom. The normalized spacial score (nSPS) is 10.5. The van der Waals surface area contributed by atoms with E-state index in [1.54, 1.807) is 0 Å². The number of aromatic nitrogens is 1. The molecule has 5 heteroatoms. The molecule has 0 unspecified atom stereocenters. The van der Waals surface area contributed by atoms with Crippen LogP contribution in [0, 0.1) is 0 Å². The van der Waals surface area contributed by atoms with Crippen LogP contribution in [0.2, 0.25) is 0 Å². The van der Waals surface area contributed by atoms with E-state index in [1.165, 1.54) is 18.2 Å². The lowest BCUT2D eigenvalue weighted by molar-refractivity contribution is 0.448. The summed E-state index contributed by atoms with van der Waals surface area (Å²) in [6, 6.07) is 4.37. The fourth-order valence-corrected chi connectivity index (χ4v) is 1.13. The summed E-state index contributed by atoms with van der Waals surface area (Å²) in [6.45, 7) is 0. The Labute approximate surface area is 71.3 Å². The zero-order valence-corrected chi connectivity index (χ0v) is 6.40. The summed E-state index contributed by atoms with van der Waals surface area (Å²) < 4.78 is 4.24. The lowest BCUT2D eigenvalue weighted by atomic mass is 10.2. The van der Waals surface area contributed by atoms with Crippen molar-refractivity contribution >= 4 is 10.9 Å². The molecular formula is C8H5NO4. The van der Waals surface area contributed by atoms with E-state index in [2.05, 4.69) is 9.40 Å². The molecule has 2 aromatic rings. The Balaban J connectivity index is 3.12. The summed E-state index contributed by atoms with van der Waals surface area (Å²) in [5.41, 5.74) is -0.571. The van der Waals surface area contributed by atoms with Gasteiger partial charge in [0.15, 0.2) is 0 Å². The molecule has 66 valence electrons. The van der Waals surface area contributed by atoms with Gasteiger partial charge in [-0.15, -0.1) is 0 Å². The van der Waals surface area contributed by atoms with Gasteiger partial charge in [0.05, 0.1) is 5.52 Å². The number of hydrogen-bond donors (Lipinski definition) is 2. The molecule has 13 heavy (non-hydrogen) atoms. The number of benzene rings is 1. The van der Waals surface area contributed by atoms with E-state index < -0.39 is 11.4 Å². The maximum absolute atomic E-state index is 11.1. The number of aromatic amines is 1. The van der Waals surface area contributed by atoms with Crippen LogP contribution in [0.3, 0.4) is 0 Å². The minimum absolute atomic E-state index is 0.0119. The summed E-state index contributed by atoms with van der Waals surface area (Å²) >= 11 is 0. The second-order valence-electron chi connectivity index (χ2n) is 2.50. The quantitative estimate of drug-likeness (QED) is 0.604. The first-order valence-electron chi connectivity index (χ1n) is 3.53. The molecule has 0 aliphatic rings. The number of phenolic OH excluding ortho intramolecular Hbond substituents is 1. The van der Waals surface area contributed by atoms with Crippen LogP contribution in [-0.2, 0) is 0 Å². The van der Waals surface area contributed by atoms with Crippen LogP contribution in [-0.4, -0.2) is 10.1 Å². The molecule has 0 spiro atoms. The first-order chi connectivity index (χ1) is 6.18. The van der Waals surface area contributed by atoms with Crippen molar-refractivity contribution in [3.05, 3.63) is 39.2 Å². The van der Waals surface area contributed by atoms with E-state index in [0.717, 1.165) is 0 Å². The van der Waals surface area contributed by atoms with E-state index in [9.17, 15) is 14.7 Å². The zero-order valence-electron chi connectivity index (χ0n) is 6.40.